The average molecular weight is 210 g/mol. The smallest absolute Gasteiger partial charge is 0.0512 e. The number of aliphatic hydroxyl groups is 1. The van der Waals surface area contributed by atoms with Crippen molar-refractivity contribution in [2.24, 2.45) is 0 Å². The predicted molar refractivity (Wildman–Crippen MR) is 66.7 cm³/mol. The van der Waals surface area contributed by atoms with E-state index in [4.69, 9.17) is 11.5 Å². The molecule has 0 spiro atoms. The second-order valence-corrected chi connectivity index (χ2v) is 4.42. The fourth-order valence-electron chi connectivity index (χ4n) is 1.73. The van der Waals surface area contributed by atoms with Gasteiger partial charge in [-0.15, -0.1) is 12.3 Å². The van der Waals surface area contributed by atoms with Crippen molar-refractivity contribution >= 4 is 0 Å². The van der Waals surface area contributed by atoms with Crippen molar-refractivity contribution in [3.8, 4) is 12.3 Å². The van der Waals surface area contributed by atoms with Crippen molar-refractivity contribution in [2.75, 3.05) is 0 Å². The number of hydrogen-bond acceptors (Lipinski definition) is 1. The Morgan fingerprint density at radius 2 is 1.40 bits per heavy atom. The molecule has 0 fully saturated rings. The van der Waals surface area contributed by atoms with Gasteiger partial charge in [0.1, 0.15) is 0 Å². The van der Waals surface area contributed by atoms with E-state index in [0.717, 1.165) is 12.8 Å². The van der Waals surface area contributed by atoms with Crippen LogP contribution in [0.15, 0.2) is 0 Å². The van der Waals surface area contributed by atoms with Crippen LogP contribution in [0.1, 0.15) is 71.1 Å². The fourth-order valence-corrected chi connectivity index (χ4v) is 1.73. The number of aliphatic hydroxyl groups excluding tert-OH is 1. The van der Waals surface area contributed by atoms with E-state index in [1.54, 1.807) is 0 Å². The van der Waals surface area contributed by atoms with Crippen LogP contribution in [0.5, 0.6) is 0 Å². The van der Waals surface area contributed by atoms with Crippen molar-refractivity contribution in [3.63, 3.8) is 0 Å². The fraction of sp³-hybridized carbons (Fsp3) is 0.857. The lowest BCUT2D eigenvalue weighted by Gasteiger charge is -2.03. The Bertz CT molecular complexity index is 155. The first-order chi connectivity index (χ1) is 7.27. The van der Waals surface area contributed by atoms with Crippen molar-refractivity contribution in [1.82, 2.24) is 0 Å². The van der Waals surface area contributed by atoms with Gasteiger partial charge in [0, 0.05) is 6.42 Å². The second-order valence-electron chi connectivity index (χ2n) is 4.42. The van der Waals surface area contributed by atoms with E-state index < -0.39 is 0 Å². The van der Waals surface area contributed by atoms with E-state index in [1.807, 2.05) is 6.92 Å². The molecule has 1 heteroatoms. The molecule has 1 unspecified atom stereocenters. The van der Waals surface area contributed by atoms with E-state index in [1.165, 1.54) is 51.4 Å². The monoisotopic (exact) mass is 210 g/mol. The molecule has 15 heavy (non-hydrogen) atoms. The first kappa shape index (κ1) is 14.5. The first-order valence-corrected chi connectivity index (χ1v) is 6.39. The van der Waals surface area contributed by atoms with Crippen LogP contribution in [0.2, 0.25) is 0 Å². The zero-order chi connectivity index (χ0) is 11.4. The molecule has 0 aliphatic rings. The summed E-state index contributed by atoms with van der Waals surface area (Å²) in [4.78, 5) is 0. The molecule has 0 heterocycles. The zero-order valence-corrected chi connectivity index (χ0v) is 10.2. The van der Waals surface area contributed by atoms with Gasteiger partial charge in [-0.05, 0) is 19.8 Å². The molecule has 0 saturated heterocycles. The molecule has 0 aromatic carbocycles. The minimum atomic E-state index is -0.117. The van der Waals surface area contributed by atoms with Crippen molar-refractivity contribution in [3.05, 3.63) is 0 Å². The molecule has 0 amide bonds. The number of rotatable bonds is 10. The molecule has 0 bridgehead atoms. The van der Waals surface area contributed by atoms with E-state index in [2.05, 4.69) is 5.92 Å². The number of unbranched alkanes of at least 4 members (excludes halogenated alkanes) is 8. The van der Waals surface area contributed by atoms with Gasteiger partial charge in [0.2, 0.25) is 0 Å². The topological polar surface area (TPSA) is 20.2 Å². The van der Waals surface area contributed by atoms with Crippen LogP contribution in [0, 0.1) is 12.3 Å². The Hall–Kier alpha value is -0.480. The van der Waals surface area contributed by atoms with Gasteiger partial charge in [-0.3, -0.25) is 0 Å². The highest BCUT2D eigenvalue weighted by Crippen LogP contribution is 2.11. The molecule has 88 valence electrons. The van der Waals surface area contributed by atoms with Crippen LogP contribution in [-0.2, 0) is 0 Å². The Morgan fingerprint density at radius 1 is 0.933 bits per heavy atom. The van der Waals surface area contributed by atoms with Crippen molar-refractivity contribution < 1.29 is 5.11 Å². The van der Waals surface area contributed by atoms with Gasteiger partial charge in [0.05, 0.1) is 6.10 Å². The van der Waals surface area contributed by atoms with Gasteiger partial charge < -0.3 is 5.11 Å². The number of hydrogen-bond donors (Lipinski definition) is 1. The molecule has 0 radical (unpaired) electrons. The third kappa shape index (κ3) is 13.5. The Labute approximate surface area is 95.3 Å². The summed E-state index contributed by atoms with van der Waals surface area (Å²) in [7, 11) is 0. The maximum Gasteiger partial charge on any atom is 0.0512 e. The lowest BCUT2D eigenvalue weighted by molar-refractivity contribution is 0.180. The molecular formula is C14H26O. The molecular weight excluding hydrogens is 184 g/mol. The maximum absolute atomic E-state index is 9.06. The Morgan fingerprint density at radius 3 is 1.87 bits per heavy atom. The van der Waals surface area contributed by atoms with Gasteiger partial charge in [-0.1, -0.05) is 44.9 Å². The standard InChI is InChI=1S/C14H26O/c1-3-4-5-6-7-8-9-10-11-12-13-14(2)15/h1,14-15H,4-13H2,2H3. The molecule has 0 aliphatic carbocycles. The molecule has 0 aromatic heterocycles. The van der Waals surface area contributed by atoms with E-state index in [-0.39, 0.29) is 6.10 Å². The highest BCUT2D eigenvalue weighted by molar-refractivity contribution is 4.82. The van der Waals surface area contributed by atoms with E-state index >= 15 is 0 Å². The highest BCUT2D eigenvalue weighted by atomic mass is 16.3. The summed E-state index contributed by atoms with van der Waals surface area (Å²) in [5, 5.41) is 9.06. The predicted octanol–water partition coefficient (Wildman–Crippen LogP) is 3.90. The summed E-state index contributed by atoms with van der Waals surface area (Å²) < 4.78 is 0. The first-order valence-electron chi connectivity index (χ1n) is 6.39. The Balaban J connectivity index is 2.90. The second kappa shape index (κ2) is 11.6. The van der Waals surface area contributed by atoms with Crippen LogP contribution >= 0.6 is 0 Å². The van der Waals surface area contributed by atoms with Gasteiger partial charge in [0.15, 0.2) is 0 Å². The molecule has 0 saturated carbocycles. The molecule has 1 N–H and O–H groups in total. The van der Waals surface area contributed by atoms with E-state index in [0.29, 0.717) is 0 Å². The van der Waals surface area contributed by atoms with Crippen LogP contribution < -0.4 is 0 Å². The lowest BCUT2D eigenvalue weighted by atomic mass is 10.1. The summed E-state index contributed by atoms with van der Waals surface area (Å²) in [5.41, 5.74) is 0. The SMILES string of the molecule is C#CCCCCCCCCCCC(C)O. The van der Waals surface area contributed by atoms with Crippen LogP contribution in [-0.4, -0.2) is 11.2 Å². The van der Waals surface area contributed by atoms with Crippen LogP contribution in [0.4, 0.5) is 0 Å². The largest absolute Gasteiger partial charge is 0.393 e. The van der Waals surface area contributed by atoms with Crippen molar-refractivity contribution in [2.45, 2.75) is 77.2 Å². The number of terminal acetylenes is 1. The van der Waals surface area contributed by atoms with Gasteiger partial charge in [-0.25, -0.2) is 0 Å². The molecule has 1 nitrogen and oxygen atoms in total. The summed E-state index contributed by atoms with van der Waals surface area (Å²) in [6, 6.07) is 0. The average Bonchev–Trinajstić information content (AvgIpc) is 2.20. The molecule has 0 aliphatic heterocycles. The lowest BCUT2D eigenvalue weighted by Crippen LogP contribution is -1.98. The maximum atomic E-state index is 9.06. The van der Waals surface area contributed by atoms with E-state index in [9.17, 15) is 0 Å². The zero-order valence-electron chi connectivity index (χ0n) is 10.2. The summed E-state index contributed by atoms with van der Waals surface area (Å²) in [6.07, 6.45) is 17.2. The van der Waals surface area contributed by atoms with Crippen LogP contribution in [0.3, 0.4) is 0 Å². The quantitative estimate of drug-likeness (QED) is 0.428. The van der Waals surface area contributed by atoms with Gasteiger partial charge in [-0.2, -0.15) is 0 Å². The molecule has 0 aromatic rings. The van der Waals surface area contributed by atoms with Gasteiger partial charge in [0.25, 0.3) is 0 Å². The third-order valence-electron chi connectivity index (χ3n) is 2.69. The minimum Gasteiger partial charge on any atom is -0.393 e. The third-order valence-corrected chi connectivity index (χ3v) is 2.69. The molecule has 0 rings (SSSR count). The molecule has 1 atom stereocenters. The Kier molecular flexibility index (Phi) is 11.2. The van der Waals surface area contributed by atoms with Crippen LogP contribution in [0.25, 0.3) is 0 Å². The highest BCUT2D eigenvalue weighted by Gasteiger charge is 1.95. The minimum absolute atomic E-state index is 0.117. The summed E-state index contributed by atoms with van der Waals surface area (Å²) in [6.45, 7) is 1.87. The summed E-state index contributed by atoms with van der Waals surface area (Å²) >= 11 is 0. The normalized spacial score (nSPS) is 12.3. The van der Waals surface area contributed by atoms with Gasteiger partial charge >= 0.3 is 0 Å². The summed E-state index contributed by atoms with van der Waals surface area (Å²) in [5.74, 6) is 2.67. The van der Waals surface area contributed by atoms with Crippen molar-refractivity contribution in [1.29, 1.82) is 0 Å².